The maximum absolute atomic E-state index is 11.1. The van der Waals surface area contributed by atoms with Crippen molar-refractivity contribution in [3.63, 3.8) is 0 Å². The number of rotatable bonds is 14. The van der Waals surface area contributed by atoms with Crippen molar-refractivity contribution in [3.05, 3.63) is 71.8 Å². The van der Waals surface area contributed by atoms with Crippen molar-refractivity contribution in [2.24, 2.45) is 10.8 Å². The molecule has 9 heteroatoms. The first-order chi connectivity index (χ1) is 20.6. The van der Waals surface area contributed by atoms with Gasteiger partial charge in [-0.15, -0.1) is 0 Å². The van der Waals surface area contributed by atoms with Crippen molar-refractivity contribution in [3.8, 4) is 0 Å². The van der Waals surface area contributed by atoms with Crippen molar-refractivity contribution in [2.75, 3.05) is 39.3 Å². The number of hydrogen-bond acceptors (Lipinski definition) is 6. The zero-order chi connectivity index (χ0) is 30.3. The average Bonchev–Trinajstić information content (AvgIpc) is 3.72. The summed E-state index contributed by atoms with van der Waals surface area (Å²) in [5.41, 5.74) is 3.13. The highest BCUT2D eigenvalue weighted by atomic mass is 16.4. The van der Waals surface area contributed by atoms with Gasteiger partial charge in [0.1, 0.15) is 11.6 Å². The van der Waals surface area contributed by atoms with Crippen LogP contribution in [0.25, 0.3) is 0 Å². The molecule has 2 N–H and O–H groups in total. The number of aliphatic carboxylic acids is 1. The molecule has 43 heavy (non-hydrogen) atoms. The maximum Gasteiger partial charge on any atom is 0.303 e. The fourth-order valence-electron chi connectivity index (χ4n) is 7.00. The molecule has 3 aromatic rings. The first-order valence-corrected chi connectivity index (χ1v) is 16.1. The lowest BCUT2D eigenvalue weighted by Gasteiger charge is -2.41. The van der Waals surface area contributed by atoms with Crippen molar-refractivity contribution in [1.29, 1.82) is 0 Å². The Labute approximate surface area is 257 Å². The zero-order valence-electron chi connectivity index (χ0n) is 26.5. The molecule has 2 aliphatic heterocycles. The van der Waals surface area contributed by atoms with Crippen LogP contribution in [0.3, 0.4) is 0 Å². The number of aromatic amines is 1. The van der Waals surface area contributed by atoms with Gasteiger partial charge in [-0.2, -0.15) is 0 Å². The van der Waals surface area contributed by atoms with Gasteiger partial charge in [-0.05, 0) is 80.2 Å². The van der Waals surface area contributed by atoms with Crippen LogP contribution in [0.4, 0.5) is 0 Å². The predicted octanol–water partition coefficient (Wildman–Crippen LogP) is 5.05. The Hall–Kier alpha value is -3.01. The average molecular weight is 590 g/mol. The maximum atomic E-state index is 11.1. The van der Waals surface area contributed by atoms with E-state index in [9.17, 15) is 4.79 Å². The van der Waals surface area contributed by atoms with Crippen LogP contribution < -0.4 is 0 Å². The van der Waals surface area contributed by atoms with Crippen LogP contribution in [0.15, 0.2) is 49.1 Å². The molecule has 0 atom stereocenters. The van der Waals surface area contributed by atoms with Crippen LogP contribution >= 0.6 is 0 Å². The number of aryl methyl sites for hydroxylation is 2. The van der Waals surface area contributed by atoms with E-state index in [0.717, 1.165) is 43.3 Å². The number of piperidine rings is 1. The summed E-state index contributed by atoms with van der Waals surface area (Å²) in [6, 6.07) is 8.27. The topological polar surface area (TPSA) is 93.5 Å². The Bertz CT molecular complexity index is 1290. The largest absolute Gasteiger partial charge is 0.481 e. The Morgan fingerprint density at radius 3 is 2.49 bits per heavy atom. The number of carboxylic acids is 1. The number of carbonyl (C=O) groups is 1. The Balaban J connectivity index is 1.13. The lowest BCUT2D eigenvalue weighted by atomic mass is 9.77. The molecular weight excluding hydrogens is 538 g/mol. The van der Waals surface area contributed by atoms with Crippen molar-refractivity contribution < 1.29 is 9.90 Å². The molecule has 2 aliphatic rings. The van der Waals surface area contributed by atoms with Gasteiger partial charge in [-0.3, -0.25) is 9.69 Å². The summed E-state index contributed by atoms with van der Waals surface area (Å²) < 4.78 is 2.31. The van der Waals surface area contributed by atoms with Gasteiger partial charge in [-0.25, -0.2) is 9.97 Å². The lowest BCUT2D eigenvalue weighted by molar-refractivity contribution is -0.136. The third-order valence-corrected chi connectivity index (χ3v) is 9.13. The molecule has 0 aliphatic carbocycles. The van der Waals surface area contributed by atoms with E-state index in [-0.39, 0.29) is 6.42 Å². The SMILES string of the molecule is CC(C)(C)CN1CCC2(CC1)CCN(CCCn1ccnc1CN(Cc1cccc(CCC(=O)O)c1)Cc1ncc[nH]1)C2. The van der Waals surface area contributed by atoms with Crippen LogP contribution in [0.2, 0.25) is 0 Å². The summed E-state index contributed by atoms with van der Waals surface area (Å²) in [4.78, 5) is 31.3. The van der Waals surface area contributed by atoms with Gasteiger partial charge >= 0.3 is 5.97 Å². The molecule has 0 amide bonds. The van der Waals surface area contributed by atoms with Gasteiger partial charge in [-0.1, -0.05) is 45.0 Å². The Morgan fingerprint density at radius 1 is 1.00 bits per heavy atom. The smallest absolute Gasteiger partial charge is 0.303 e. The summed E-state index contributed by atoms with van der Waals surface area (Å²) in [6.45, 7) is 17.5. The first-order valence-electron chi connectivity index (χ1n) is 16.1. The summed E-state index contributed by atoms with van der Waals surface area (Å²) in [5, 5.41) is 9.09. The van der Waals surface area contributed by atoms with E-state index in [1.54, 1.807) is 6.20 Å². The fourth-order valence-corrected chi connectivity index (χ4v) is 7.00. The summed E-state index contributed by atoms with van der Waals surface area (Å²) >= 11 is 0. The van der Waals surface area contributed by atoms with Crippen LogP contribution in [0.5, 0.6) is 0 Å². The number of carboxylic acid groups (broad SMARTS) is 1. The molecule has 2 saturated heterocycles. The predicted molar refractivity (Wildman–Crippen MR) is 169 cm³/mol. The minimum Gasteiger partial charge on any atom is -0.481 e. The number of imidazole rings is 2. The number of nitrogens with zero attached hydrogens (tertiary/aromatic N) is 6. The molecule has 4 heterocycles. The molecular formula is C34H51N7O2. The molecule has 234 valence electrons. The molecule has 0 bridgehead atoms. The van der Waals surface area contributed by atoms with Crippen LogP contribution in [0.1, 0.15) is 75.7 Å². The van der Waals surface area contributed by atoms with Gasteiger partial charge in [0.15, 0.2) is 0 Å². The number of benzene rings is 1. The van der Waals surface area contributed by atoms with E-state index < -0.39 is 5.97 Å². The second-order valence-electron chi connectivity index (χ2n) is 14.1. The molecule has 1 aromatic carbocycles. The highest BCUT2D eigenvalue weighted by Crippen LogP contribution is 2.40. The Morgan fingerprint density at radius 2 is 1.77 bits per heavy atom. The monoisotopic (exact) mass is 589 g/mol. The molecule has 5 rings (SSSR count). The fraction of sp³-hybridized carbons (Fsp3) is 0.618. The van der Waals surface area contributed by atoms with Gasteiger partial charge in [0.25, 0.3) is 0 Å². The molecule has 1 spiro atoms. The summed E-state index contributed by atoms with van der Waals surface area (Å²) in [6.07, 6.45) is 13.5. The van der Waals surface area contributed by atoms with Gasteiger partial charge in [0, 0.05) is 57.4 Å². The third-order valence-electron chi connectivity index (χ3n) is 9.13. The number of H-pyrrole nitrogens is 1. The third kappa shape index (κ3) is 9.49. The minimum absolute atomic E-state index is 0.144. The highest BCUT2D eigenvalue weighted by Gasteiger charge is 2.40. The zero-order valence-corrected chi connectivity index (χ0v) is 26.5. The molecule has 2 aromatic heterocycles. The van der Waals surface area contributed by atoms with E-state index in [4.69, 9.17) is 10.1 Å². The lowest BCUT2D eigenvalue weighted by Crippen LogP contribution is -2.44. The molecule has 0 unspecified atom stereocenters. The quantitative estimate of drug-likeness (QED) is 0.272. The van der Waals surface area contributed by atoms with Gasteiger partial charge in [0.05, 0.1) is 13.1 Å². The van der Waals surface area contributed by atoms with E-state index in [0.29, 0.717) is 30.3 Å². The van der Waals surface area contributed by atoms with Crippen molar-refractivity contribution in [1.82, 2.24) is 34.2 Å². The standard InChI is InChI=1S/C34H51N7O2/c1-33(2,3)26-39-19-11-34(12-20-39)10-18-38(27-34)16-5-17-41-21-15-37-31(41)25-40(24-30-35-13-14-36-30)23-29-7-4-6-28(22-29)8-9-32(42)43/h4,6-7,13-15,21-22H,5,8-12,16-20,23-27H2,1-3H3,(H,35,36)(H,42,43). The number of aromatic nitrogens is 4. The van der Waals surface area contributed by atoms with Crippen molar-refractivity contribution >= 4 is 5.97 Å². The molecule has 2 fully saturated rings. The summed E-state index contributed by atoms with van der Waals surface area (Å²) in [7, 11) is 0. The highest BCUT2D eigenvalue weighted by molar-refractivity contribution is 5.67. The number of nitrogens with one attached hydrogen (secondary N) is 1. The van der Waals surface area contributed by atoms with Crippen LogP contribution in [-0.2, 0) is 37.4 Å². The first kappa shape index (κ1) is 31.4. The number of likely N-dealkylation sites (tertiary alicyclic amines) is 2. The van der Waals surface area contributed by atoms with Crippen molar-refractivity contribution in [2.45, 2.75) is 85.5 Å². The minimum atomic E-state index is -0.766. The molecule has 0 radical (unpaired) electrons. The van der Waals surface area contributed by atoms with E-state index in [1.165, 1.54) is 57.5 Å². The second-order valence-corrected chi connectivity index (χ2v) is 14.1. The van der Waals surface area contributed by atoms with Crippen LogP contribution in [0, 0.1) is 10.8 Å². The normalized spacial score (nSPS) is 17.8. The molecule has 0 saturated carbocycles. The van der Waals surface area contributed by atoms with Gasteiger partial charge in [0.2, 0.25) is 0 Å². The van der Waals surface area contributed by atoms with Crippen LogP contribution in [-0.4, -0.2) is 84.6 Å². The van der Waals surface area contributed by atoms with E-state index in [2.05, 4.69) is 68.3 Å². The Kier molecular flexibility index (Phi) is 10.4. The van der Waals surface area contributed by atoms with E-state index in [1.807, 2.05) is 24.5 Å². The number of hydrogen-bond donors (Lipinski definition) is 2. The summed E-state index contributed by atoms with van der Waals surface area (Å²) in [5.74, 6) is 1.22. The van der Waals surface area contributed by atoms with Gasteiger partial charge < -0.3 is 24.5 Å². The van der Waals surface area contributed by atoms with E-state index >= 15 is 0 Å². The molecule has 9 nitrogen and oxygen atoms in total. The second kappa shape index (κ2) is 14.2.